The molecule has 3 aromatic rings. The van der Waals surface area contributed by atoms with Gasteiger partial charge in [-0.25, -0.2) is 4.79 Å². The van der Waals surface area contributed by atoms with Gasteiger partial charge in [-0.05, 0) is 56.1 Å². The molecule has 2 aromatic carbocycles. The molecule has 37 heavy (non-hydrogen) atoms. The minimum Gasteiger partial charge on any atom is -0.508 e. The number of aromatic hydroxyl groups is 2. The van der Waals surface area contributed by atoms with Crippen LogP contribution >= 0.6 is 24.2 Å². The Hall–Kier alpha value is -2.35. The van der Waals surface area contributed by atoms with Gasteiger partial charge in [0, 0.05) is 33.5 Å². The molecular weight excluding hydrogens is 510 g/mol. The van der Waals surface area contributed by atoms with E-state index in [2.05, 4.69) is 41.5 Å². The molecule has 0 unspecified atom stereocenters. The second-order valence-electron chi connectivity index (χ2n) is 11.5. The minimum absolute atomic E-state index is 0. The third-order valence-corrected chi connectivity index (χ3v) is 7.01. The van der Waals surface area contributed by atoms with Crippen LogP contribution in [0, 0.1) is 0 Å². The first-order chi connectivity index (χ1) is 16.6. The number of esters is 1. The first-order valence-electron chi connectivity index (χ1n) is 12.2. The summed E-state index contributed by atoms with van der Waals surface area (Å²) in [7, 11) is 3.81. The van der Waals surface area contributed by atoms with Crippen molar-refractivity contribution in [3.05, 3.63) is 52.3 Å². The van der Waals surface area contributed by atoms with Gasteiger partial charge >= 0.3 is 5.97 Å². The van der Waals surface area contributed by atoms with E-state index in [4.69, 9.17) is 9.15 Å². The van der Waals surface area contributed by atoms with Crippen LogP contribution in [0.4, 0.5) is 0 Å². The second-order valence-corrected chi connectivity index (χ2v) is 12.5. The molecule has 0 aliphatic carbocycles. The SMILES string of the molecule is CCOC(=O)c1c(CSc2cc(C(C)(C)C)c(O)c(C(C)(C)C)c2)oc2ccc(O)c(CN(C)C)c12.Cl. The van der Waals surface area contributed by atoms with Crippen LogP contribution in [0.25, 0.3) is 11.0 Å². The number of thioether (sulfide) groups is 1. The van der Waals surface area contributed by atoms with E-state index in [1.165, 1.54) is 0 Å². The average molecular weight is 550 g/mol. The van der Waals surface area contributed by atoms with Crippen molar-refractivity contribution in [3.63, 3.8) is 0 Å². The summed E-state index contributed by atoms with van der Waals surface area (Å²) in [5.74, 6) is 0.878. The highest BCUT2D eigenvalue weighted by Gasteiger charge is 2.29. The Morgan fingerprint density at radius 3 is 2.08 bits per heavy atom. The maximum absolute atomic E-state index is 13.1. The molecule has 204 valence electrons. The smallest absolute Gasteiger partial charge is 0.342 e. The van der Waals surface area contributed by atoms with E-state index >= 15 is 0 Å². The summed E-state index contributed by atoms with van der Waals surface area (Å²) >= 11 is 1.55. The van der Waals surface area contributed by atoms with Crippen molar-refractivity contribution in [1.29, 1.82) is 0 Å². The Morgan fingerprint density at radius 2 is 1.59 bits per heavy atom. The number of furan rings is 1. The lowest BCUT2D eigenvalue weighted by molar-refractivity contribution is 0.0526. The molecule has 1 aromatic heterocycles. The molecule has 6 nitrogen and oxygen atoms in total. The molecule has 0 amide bonds. The summed E-state index contributed by atoms with van der Waals surface area (Å²) in [6.45, 7) is 15.0. The summed E-state index contributed by atoms with van der Waals surface area (Å²) < 4.78 is 11.6. The van der Waals surface area contributed by atoms with Gasteiger partial charge in [-0.3, -0.25) is 0 Å². The zero-order valence-electron chi connectivity index (χ0n) is 23.3. The van der Waals surface area contributed by atoms with Gasteiger partial charge in [0.05, 0.1) is 12.4 Å². The fourth-order valence-corrected chi connectivity index (χ4v) is 5.18. The van der Waals surface area contributed by atoms with Gasteiger partial charge in [-0.2, -0.15) is 0 Å². The number of rotatable bonds is 7. The molecule has 0 aliphatic rings. The summed E-state index contributed by atoms with van der Waals surface area (Å²) in [4.78, 5) is 16.0. The number of ether oxygens (including phenoxy) is 1. The Labute approximate surface area is 230 Å². The fraction of sp³-hybridized carbons (Fsp3) is 0.483. The quantitative estimate of drug-likeness (QED) is 0.235. The van der Waals surface area contributed by atoms with E-state index in [1.54, 1.807) is 30.8 Å². The highest BCUT2D eigenvalue weighted by molar-refractivity contribution is 7.98. The number of nitrogens with zero attached hydrogens (tertiary/aromatic N) is 1. The molecule has 2 N–H and O–H groups in total. The number of phenolic OH excluding ortho intramolecular Hbond substituents is 2. The van der Waals surface area contributed by atoms with E-state index in [0.717, 1.165) is 16.0 Å². The monoisotopic (exact) mass is 549 g/mol. The molecule has 0 fully saturated rings. The maximum Gasteiger partial charge on any atom is 0.342 e. The Kier molecular flexibility index (Phi) is 9.66. The largest absolute Gasteiger partial charge is 0.508 e. The number of phenols is 2. The predicted molar refractivity (Wildman–Crippen MR) is 154 cm³/mol. The highest BCUT2D eigenvalue weighted by atomic mass is 35.5. The normalized spacial score (nSPS) is 12.2. The number of halogens is 1. The third kappa shape index (κ3) is 6.75. The van der Waals surface area contributed by atoms with Crippen molar-refractivity contribution in [3.8, 4) is 11.5 Å². The van der Waals surface area contributed by atoms with Crippen molar-refractivity contribution in [2.75, 3.05) is 20.7 Å². The first kappa shape index (κ1) is 30.9. The van der Waals surface area contributed by atoms with Crippen LogP contribution in [0.15, 0.2) is 33.6 Å². The van der Waals surface area contributed by atoms with Gasteiger partial charge in [0.1, 0.15) is 28.4 Å². The van der Waals surface area contributed by atoms with Crippen molar-refractivity contribution in [2.45, 2.75) is 76.5 Å². The van der Waals surface area contributed by atoms with Gasteiger partial charge < -0.3 is 24.3 Å². The maximum atomic E-state index is 13.1. The first-order valence-corrected chi connectivity index (χ1v) is 13.2. The molecule has 0 bridgehead atoms. The number of hydrogen-bond donors (Lipinski definition) is 2. The Morgan fingerprint density at radius 1 is 1.03 bits per heavy atom. The van der Waals surface area contributed by atoms with Crippen LogP contribution < -0.4 is 0 Å². The van der Waals surface area contributed by atoms with Crippen LogP contribution in [-0.2, 0) is 27.9 Å². The number of hydrogen-bond acceptors (Lipinski definition) is 7. The summed E-state index contributed by atoms with van der Waals surface area (Å²) in [6.07, 6.45) is 0. The molecule has 0 aliphatic heterocycles. The van der Waals surface area contributed by atoms with Crippen LogP contribution in [0.3, 0.4) is 0 Å². The van der Waals surface area contributed by atoms with Gasteiger partial charge in [0.2, 0.25) is 0 Å². The molecule has 0 atom stereocenters. The number of fused-ring (bicyclic) bond motifs is 1. The van der Waals surface area contributed by atoms with Gasteiger partial charge in [0.25, 0.3) is 0 Å². The van der Waals surface area contributed by atoms with E-state index in [1.807, 2.05) is 31.1 Å². The molecule has 3 rings (SSSR count). The topological polar surface area (TPSA) is 83.1 Å². The van der Waals surface area contributed by atoms with E-state index in [-0.39, 0.29) is 35.6 Å². The zero-order valence-corrected chi connectivity index (χ0v) is 24.9. The molecule has 1 heterocycles. The third-order valence-electron chi connectivity index (χ3n) is 6.04. The molecule has 0 radical (unpaired) electrons. The van der Waals surface area contributed by atoms with Crippen molar-refractivity contribution < 1.29 is 24.2 Å². The lowest BCUT2D eigenvalue weighted by Crippen LogP contribution is -2.17. The molecule has 0 spiro atoms. The number of carbonyl (C=O) groups is 1. The van der Waals surface area contributed by atoms with Crippen molar-refractivity contribution in [1.82, 2.24) is 4.90 Å². The lowest BCUT2D eigenvalue weighted by atomic mass is 9.79. The van der Waals surface area contributed by atoms with E-state index in [9.17, 15) is 15.0 Å². The standard InChI is InChI=1S/C29H39NO5S.ClH/c1-10-34-27(33)25-23(35-22-12-11-21(31)18(24(22)25)15-30(8)9)16-36-17-13-19(28(2,3)4)26(32)20(14-17)29(5,6)7;/h11-14,31-32H,10,15-16H2,1-9H3;1H. The van der Waals surface area contributed by atoms with Gasteiger partial charge in [-0.15, -0.1) is 24.2 Å². The van der Waals surface area contributed by atoms with Crippen LogP contribution in [0.5, 0.6) is 11.5 Å². The summed E-state index contributed by atoms with van der Waals surface area (Å²) in [5, 5.41) is 22.2. The van der Waals surface area contributed by atoms with Crippen LogP contribution in [0.1, 0.15) is 81.3 Å². The molecule has 8 heteroatoms. The lowest BCUT2D eigenvalue weighted by Gasteiger charge is -2.28. The van der Waals surface area contributed by atoms with E-state index in [0.29, 0.717) is 45.9 Å². The molecule has 0 saturated carbocycles. The fourth-order valence-electron chi connectivity index (χ4n) is 4.28. The summed E-state index contributed by atoms with van der Waals surface area (Å²) in [5.41, 5.74) is 2.81. The molecule has 0 saturated heterocycles. The van der Waals surface area contributed by atoms with Gasteiger partial charge in [-0.1, -0.05) is 41.5 Å². The highest BCUT2D eigenvalue weighted by Crippen LogP contribution is 2.43. The zero-order chi connectivity index (χ0) is 27.0. The average Bonchev–Trinajstić information content (AvgIpc) is 3.12. The van der Waals surface area contributed by atoms with Crippen LogP contribution in [0.2, 0.25) is 0 Å². The predicted octanol–water partition coefficient (Wildman–Crippen LogP) is 7.39. The second kappa shape index (κ2) is 11.6. The Bertz CT molecular complexity index is 1230. The van der Waals surface area contributed by atoms with Gasteiger partial charge in [0.15, 0.2) is 0 Å². The van der Waals surface area contributed by atoms with E-state index < -0.39 is 5.97 Å². The summed E-state index contributed by atoms with van der Waals surface area (Å²) in [6, 6.07) is 7.33. The van der Waals surface area contributed by atoms with Crippen LogP contribution in [-0.4, -0.2) is 41.8 Å². The molecular formula is C29H40ClNO5S. The van der Waals surface area contributed by atoms with Crippen molar-refractivity contribution >= 4 is 41.1 Å². The number of carbonyl (C=O) groups excluding carboxylic acids is 1. The number of benzene rings is 2. The Balaban J connectivity index is 0.00000481. The van der Waals surface area contributed by atoms with Crippen molar-refractivity contribution in [2.24, 2.45) is 0 Å². The minimum atomic E-state index is -0.464.